The molecule has 4 heterocycles. The maximum absolute atomic E-state index is 12.9. The molecule has 2 saturated heterocycles. The van der Waals surface area contributed by atoms with Gasteiger partial charge in [-0.3, -0.25) is 14.6 Å². The molecule has 0 radical (unpaired) electrons. The predicted molar refractivity (Wildman–Crippen MR) is 109 cm³/mol. The first-order valence-corrected chi connectivity index (χ1v) is 10.6. The van der Waals surface area contributed by atoms with Gasteiger partial charge >= 0.3 is 0 Å². The molecular formula is C22H30N4O3. The Morgan fingerprint density at radius 3 is 2.72 bits per heavy atom. The van der Waals surface area contributed by atoms with Crippen molar-refractivity contribution < 1.29 is 14.4 Å². The quantitative estimate of drug-likeness (QED) is 0.781. The van der Waals surface area contributed by atoms with Crippen molar-refractivity contribution in [2.75, 3.05) is 19.6 Å². The monoisotopic (exact) mass is 398 g/mol. The maximum Gasteiger partial charge on any atom is 0.266 e. The molecule has 0 aliphatic carbocycles. The molecule has 29 heavy (non-hydrogen) atoms. The van der Waals surface area contributed by atoms with Crippen molar-refractivity contribution in [3.63, 3.8) is 0 Å². The maximum atomic E-state index is 12.9. The number of piperidine rings is 2. The summed E-state index contributed by atoms with van der Waals surface area (Å²) in [5, 5.41) is 4.09. The molecule has 1 atom stereocenters. The Balaban J connectivity index is 1.33. The van der Waals surface area contributed by atoms with Crippen molar-refractivity contribution in [2.45, 2.75) is 58.6 Å². The Morgan fingerprint density at radius 2 is 2.07 bits per heavy atom. The van der Waals surface area contributed by atoms with Gasteiger partial charge in [-0.2, -0.15) is 0 Å². The van der Waals surface area contributed by atoms with E-state index in [2.05, 4.69) is 24.0 Å². The number of carbonyl (C=O) groups excluding carboxylic acids is 2. The van der Waals surface area contributed by atoms with Crippen LogP contribution >= 0.6 is 0 Å². The van der Waals surface area contributed by atoms with Crippen LogP contribution in [0.3, 0.4) is 0 Å². The number of hydrogen-bond donors (Lipinski definition) is 0. The largest absolute Gasteiger partial charge is 0.382 e. The van der Waals surface area contributed by atoms with Gasteiger partial charge in [0.25, 0.3) is 5.91 Å². The third-order valence-electron chi connectivity index (χ3n) is 6.60. The van der Waals surface area contributed by atoms with Gasteiger partial charge in [0.1, 0.15) is 0 Å². The molecule has 1 spiro atoms. The topological polar surface area (TPSA) is 75.1 Å². The molecule has 4 rings (SSSR count). The third kappa shape index (κ3) is 4.28. The summed E-state index contributed by atoms with van der Waals surface area (Å²) in [7, 11) is 0. The second-order valence-corrected chi connectivity index (χ2v) is 8.93. The van der Waals surface area contributed by atoms with E-state index < -0.39 is 6.10 Å². The SMILES string of the molecule is CC(C)C1=NO[C@@H](C(=O)N2CCC3(CCC(=O)N(Cc4ccccn4)C3)CC2)C1. The van der Waals surface area contributed by atoms with E-state index in [1.807, 2.05) is 28.0 Å². The van der Waals surface area contributed by atoms with Gasteiger partial charge in [-0.1, -0.05) is 25.1 Å². The van der Waals surface area contributed by atoms with Gasteiger partial charge < -0.3 is 14.6 Å². The van der Waals surface area contributed by atoms with E-state index in [-0.39, 0.29) is 17.2 Å². The Labute approximate surface area is 172 Å². The van der Waals surface area contributed by atoms with E-state index in [1.165, 1.54) is 0 Å². The van der Waals surface area contributed by atoms with E-state index in [1.54, 1.807) is 6.20 Å². The zero-order valence-corrected chi connectivity index (χ0v) is 17.3. The van der Waals surface area contributed by atoms with Gasteiger partial charge in [0, 0.05) is 38.7 Å². The minimum Gasteiger partial charge on any atom is -0.382 e. The summed E-state index contributed by atoms with van der Waals surface area (Å²) < 4.78 is 0. The van der Waals surface area contributed by atoms with Gasteiger partial charge in [-0.05, 0) is 42.7 Å². The summed E-state index contributed by atoms with van der Waals surface area (Å²) in [5.41, 5.74) is 1.99. The lowest BCUT2D eigenvalue weighted by molar-refractivity contribution is -0.148. The first-order valence-electron chi connectivity index (χ1n) is 10.6. The highest BCUT2D eigenvalue weighted by atomic mass is 16.6. The molecule has 0 saturated carbocycles. The fourth-order valence-electron chi connectivity index (χ4n) is 4.62. The van der Waals surface area contributed by atoms with Crippen LogP contribution in [0.15, 0.2) is 29.6 Å². The van der Waals surface area contributed by atoms with Crippen molar-refractivity contribution in [3.05, 3.63) is 30.1 Å². The summed E-state index contributed by atoms with van der Waals surface area (Å²) in [4.78, 5) is 39.0. The van der Waals surface area contributed by atoms with Gasteiger partial charge in [0.2, 0.25) is 12.0 Å². The van der Waals surface area contributed by atoms with Crippen LogP contribution in [-0.4, -0.2) is 58.0 Å². The van der Waals surface area contributed by atoms with Crippen molar-refractivity contribution in [1.29, 1.82) is 0 Å². The molecule has 0 unspecified atom stereocenters. The van der Waals surface area contributed by atoms with Crippen molar-refractivity contribution >= 4 is 17.5 Å². The molecule has 0 bridgehead atoms. The molecule has 3 aliphatic heterocycles. The van der Waals surface area contributed by atoms with Crippen LogP contribution in [0.5, 0.6) is 0 Å². The average Bonchev–Trinajstić information content (AvgIpc) is 3.23. The Morgan fingerprint density at radius 1 is 1.28 bits per heavy atom. The lowest BCUT2D eigenvalue weighted by Gasteiger charge is -2.47. The standard InChI is InChI=1S/C22H30N4O3/c1-16(2)18-13-19(29-24-18)21(28)25-11-8-22(9-12-25)7-6-20(27)26(15-22)14-17-5-3-4-10-23-17/h3-5,10,16,19H,6-9,11-15H2,1-2H3/t19-/m1/s1. The van der Waals surface area contributed by atoms with Crippen LogP contribution in [0.4, 0.5) is 0 Å². The molecule has 7 nitrogen and oxygen atoms in total. The lowest BCUT2D eigenvalue weighted by Crippen LogP contribution is -2.53. The van der Waals surface area contributed by atoms with Crippen LogP contribution in [0.25, 0.3) is 0 Å². The summed E-state index contributed by atoms with van der Waals surface area (Å²) in [6.45, 7) is 6.91. The summed E-state index contributed by atoms with van der Waals surface area (Å²) >= 11 is 0. The highest BCUT2D eigenvalue weighted by molar-refractivity contribution is 5.93. The number of aromatic nitrogens is 1. The minimum atomic E-state index is -0.463. The zero-order valence-electron chi connectivity index (χ0n) is 17.3. The molecule has 0 aromatic carbocycles. The summed E-state index contributed by atoms with van der Waals surface area (Å²) in [6, 6.07) is 5.81. The lowest BCUT2D eigenvalue weighted by atomic mass is 9.72. The Kier molecular flexibility index (Phi) is 5.56. The number of nitrogens with zero attached hydrogens (tertiary/aromatic N) is 4. The molecule has 1 aromatic rings. The summed E-state index contributed by atoms with van der Waals surface area (Å²) in [6.07, 6.45) is 5.25. The van der Waals surface area contributed by atoms with E-state index in [0.29, 0.717) is 25.3 Å². The molecule has 156 valence electrons. The normalized spacial score (nSPS) is 24.0. The fourth-order valence-corrected chi connectivity index (χ4v) is 4.62. The van der Waals surface area contributed by atoms with Gasteiger partial charge in [0.15, 0.2) is 0 Å². The highest BCUT2D eigenvalue weighted by Gasteiger charge is 2.43. The van der Waals surface area contributed by atoms with Gasteiger partial charge in [-0.25, -0.2) is 0 Å². The van der Waals surface area contributed by atoms with Crippen LogP contribution < -0.4 is 0 Å². The molecule has 7 heteroatoms. The number of amides is 2. The first-order chi connectivity index (χ1) is 14.0. The molecular weight excluding hydrogens is 368 g/mol. The van der Waals surface area contributed by atoms with Gasteiger partial charge in [-0.15, -0.1) is 0 Å². The molecule has 2 amide bonds. The summed E-state index contributed by atoms with van der Waals surface area (Å²) in [5.74, 6) is 0.566. The van der Waals surface area contributed by atoms with E-state index in [4.69, 9.17) is 4.84 Å². The number of pyridine rings is 1. The van der Waals surface area contributed by atoms with E-state index in [9.17, 15) is 9.59 Å². The highest BCUT2D eigenvalue weighted by Crippen LogP contribution is 2.41. The second kappa shape index (κ2) is 8.13. The average molecular weight is 399 g/mol. The minimum absolute atomic E-state index is 0.0523. The number of likely N-dealkylation sites (tertiary alicyclic amines) is 2. The Bertz CT molecular complexity index is 785. The van der Waals surface area contributed by atoms with Gasteiger partial charge in [0.05, 0.1) is 18.0 Å². The number of carbonyl (C=O) groups is 2. The van der Waals surface area contributed by atoms with Crippen LogP contribution in [0, 0.1) is 11.3 Å². The molecule has 0 N–H and O–H groups in total. The Hall–Kier alpha value is -2.44. The first kappa shape index (κ1) is 19.9. The number of oxime groups is 1. The van der Waals surface area contributed by atoms with Crippen molar-refractivity contribution in [2.24, 2.45) is 16.5 Å². The van der Waals surface area contributed by atoms with Crippen molar-refractivity contribution in [3.8, 4) is 0 Å². The second-order valence-electron chi connectivity index (χ2n) is 8.93. The molecule has 1 aromatic heterocycles. The van der Waals surface area contributed by atoms with Crippen LogP contribution in [-0.2, 0) is 21.0 Å². The number of rotatable bonds is 4. The van der Waals surface area contributed by atoms with Crippen LogP contribution in [0.2, 0.25) is 0 Å². The smallest absolute Gasteiger partial charge is 0.266 e. The fraction of sp³-hybridized carbons (Fsp3) is 0.636. The predicted octanol–water partition coefficient (Wildman–Crippen LogP) is 2.61. The third-order valence-corrected chi connectivity index (χ3v) is 6.60. The van der Waals surface area contributed by atoms with E-state index in [0.717, 1.165) is 50.3 Å². The van der Waals surface area contributed by atoms with E-state index >= 15 is 0 Å². The molecule has 2 fully saturated rings. The zero-order chi connectivity index (χ0) is 20.4. The van der Waals surface area contributed by atoms with Crippen molar-refractivity contribution in [1.82, 2.24) is 14.8 Å². The molecule has 3 aliphatic rings. The number of hydrogen-bond acceptors (Lipinski definition) is 5. The van der Waals surface area contributed by atoms with Crippen LogP contribution in [0.1, 0.15) is 51.6 Å².